The van der Waals surface area contributed by atoms with Gasteiger partial charge in [-0.15, -0.1) is 0 Å². The van der Waals surface area contributed by atoms with E-state index in [1.165, 1.54) is 16.8 Å². The highest BCUT2D eigenvalue weighted by Gasteiger charge is 2.24. The van der Waals surface area contributed by atoms with Gasteiger partial charge in [-0.05, 0) is 12.3 Å². The summed E-state index contributed by atoms with van der Waals surface area (Å²) in [5, 5.41) is 19.3. The Morgan fingerprint density at radius 3 is 2.57 bits per heavy atom. The van der Waals surface area contributed by atoms with Crippen molar-refractivity contribution in [3.8, 4) is 5.75 Å². The lowest BCUT2D eigenvalue weighted by Gasteiger charge is -2.29. The fraction of sp³-hybridized carbons (Fsp3) is 0.625. The Kier molecular flexibility index (Phi) is 5.79. The van der Waals surface area contributed by atoms with Crippen molar-refractivity contribution in [2.45, 2.75) is 32.9 Å². The van der Waals surface area contributed by atoms with E-state index in [-0.39, 0.29) is 5.92 Å². The third-order valence-corrected chi connectivity index (χ3v) is 3.95. The SMILES string of the molecule is CC(C)CC(C(=O)O)n1cc(O)c(=O)cc1CN1CCOCC1. The molecule has 1 aromatic rings. The molecule has 1 aromatic heterocycles. The maximum atomic E-state index is 11.8. The summed E-state index contributed by atoms with van der Waals surface area (Å²) in [6.07, 6.45) is 1.67. The summed E-state index contributed by atoms with van der Waals surface area (Å²) in [6.45, 7) is 7.06. The Labute approximate surface area is 135 Å². The Morgan fingerprint density at radius 2 is 2.00 bits per heavy atom. The molecule has 0 amide bonds. The van der Waals surface area contributed by atoms with Crippen molar-refractivity contribution in [1.82, 2.24) is 9.47 Å². The molecule has 23 heavy (non-hydrogen) atoms. The summed E-state index contributed by atoms with van der Waals surface area (Å²) in [4.78, 5) is 25.6. The van der Waals surface area contributed by atoms with Crippen molar-refractivity contribution < 1.29 is 19.7 Å². The second-order valence-electron chi connectivity index (χ2n) is 6.29. The van der Waals surface area contributed by atoms with E-state index in [4.69, 9.17) is 4.74 Å². The average molecular weight is 324 g/mol. The van der Waals surface area contributed by atoms with Crippen LogP contribution in [-0.4, -0.2) is 52.0 Å². The lowest BCUT2D eigenvalue weighted by molar-refractivity contribution is -0.141. The summed E-state index contributed by atoms with van der Waals surface area (Å²) in [7, 11) is 0. The Bertz CT molecular complexity index is 605. The largest absolute Gasteiger partial charge is 0.503 e. The fourth-order valence-electron chi connectivity index (χ4n) is 2.76. The molecular weight excluding hydrogens is 300 g/mol. The lowest BCUT2D eigenvalue weighted by atomic mass is 10.0. The van der Waals surface area contributed by atoms with Crippen molar-refractivity contribution in [2.24, 2.45) is 5.92 Å². The van der Waals surface area contributed by atoms with Crippen molar-refractivity contribution in [3.05, 3.63) is 28.2 Å². The molecule has 0 bridgehead atoms. The maximum absolute atomic E-state index is 11.8. The zero-order valence-corrected chi connectivity index (χ0v) is 13.6. The van der Waals surface area contributed by atoms with Crippen LogP contribution in [0.3, 0.4) is 0 Å². The van der Waals surface area contributed by atoms with E-state index in [1.807, 2.05) is 13.8 Å². The van der Waals surface area contributed by atoms with Gasteiger partial charge in [0.25, 0.3) is 0 Å². The summed E-state index contributed by atoms with van der Waals surface area (Å²) >= 11 is 0. The number of hydrogen-bond donors (Lipinski definition) is 2. The van der Waals surface area contributed by atoms with E-state index in [0.717, 1.165) is 13.1 Å². The van der Waals surface area contributed by atoms with Crippen molar-refractivity contribution in [3.63, 3.8) is 0 Å². The number of rotatable bonds is 6. The topological polar surface area (TPSA) is 92.0 Å². The van der Waals surface area contributed by atoms with E-state index in [1.54, 1.807) is 0 Å². The van der Waals surface area contributed by atoms with E-state index < -0.39 is 23.2 Å². The van der Waals surface area contributed by atoms with Gasteiger partial charge in [0.1, 0.15) is 6.04 Å². The highest BCUT2D eigenvalue weighted by atomic mass is 16.5. The van der Waals surface area contributed by atoms with Crippen LogP contribution in [0.15, 0.2) is 17.1 Å². The number of aliphatic carboxylic acids is 1. The fourth-order valence-corrected chi connectivity index (χ4v) is 2.76. The number of pyridine rings is 1. The van der Waals surface area contributed by atoms with Crippen LogP contribution in [-0.2, 0) is 16.1 Å². The number of aromatic nitrogens is 1. The number of aromatic hydroxyl groups is 1. The normalized spacial score (nSPS) is 17.3. The van der Waals surface area contributed by atoms with Gasteiger partial charge in [0.05, 0.1) is 19.4 Å². The third kappa shape index (κ3) is 4.56. The minimum atomic E-state index is -0.968. The molecule has 7 nitrogen and oxygen atoms in total. The van der Waals surface area contributed by atoms with E-state index in [9.17, 15) is 19.8 Å². The molecule has 1 saturated heterocycles. The predicted molar refractivity (Wildman–Crippen MR) is 84.6 cm³/mol. The van der Waals surface area contributed by atoms with E-state index in [0.29, 0.717) is 31.9 Å². The number of carboxylic acids is 1. The van der Waals surface area contributed by atoms with Crippen LogP contribution < -0.4 is 5.43 Å². The first kappa shape index (κ1) is 17.5. The smallest absolute Gasteiger partial charge is 0.326 e. The van der Waals surface area contributed by atoms with Gasteiger partial charge in [-0.25, -0.2) is 4.79 Å². The highest BCUT2D eigenvalue weighted by molar-refractivity contribution is 5.72. The second kappa shape index (κ2) is 7.61. The van der Waals surface area contributed by atoms with Gasteiger partial charge in [0.15, 0.2) is 5.75 Å². The standard InChI is InChI=1S/C16H24N2O5/c1-11(2)7-13(16(21)22)18-10-15(20)14(19)8-12(18)9-17-3-5-23-6-4-17/h8,10-11,13,20H,3-7,9H2,1-2H3,(H,21,22). The van der Waals surface area contributed by atoms with Gasteiger partial charge in [-0.3, -0.25) is 9.69 Å². The van der Waals surface area contributed by atoms with Gasteiger partial charge in [-0.2, -0.15) is 0 Å². The number of nitrogens with zero attached hydrogens (tertiary/aromatic N) is 2. The van der Waals surface area contributed by atoms with Crippen LogP contribution >= 0.6 is 0 Å². The molecule has 7 heteroatoms. The Morgan fingerprint density at radius 1 is 1.35 bits per heavy atom. The Hall–Kier alpha value is -1.86. The summed E-state index contributed by atoms with van der Waals surface area (Å²) in [5.74, 6) is -1.22. The van der Waals surface area contributed by atoms with Crippen LogP contribution in [0.4, 0.5) is 0 Å². The van der Waals surface area contributed by atoms with Gasteiger partial charge in [-0.1, -0.05) is 13.8 Å². The zero-order valence-electron chi connectivity index (χ0n) is 13.6. The summed E-state index contributed by atoms with van der Waals surface area (Å²) in [5.41, 5.74) is 0.112. The highest BCUT2D eigenvalue weighted by Crippen LogP contribution is 2.22. The molecule has 1 atom stereocenters. The number of carboxylic acid groups (broad SMARTS) is 1. The second-order valence-corrected chi connectivity index (χ2v) is 6.29. The van der Waals surface area contributed by atoms with E-state index in [2.05, 4.69) is 4.90 Å². The van der Waals surface area contributed by atoms with E-state index >= 15 is 0 Å². The van der Waals surface area contributed by atoms with Crippen molar-refractivity contribution >= 4 is 5.97 Å². The maximum Gasteiger partial charge on any atom is 0.326 e. The molecule has 2 N–H and O–H groups in total. The van der Waals surface area contributed by atoms with Crippen LogP contribution in [0, 0.1) is 5.92 Å². The Balaban J connectivity index is 2.36. The average Bonchev–Trinajstić information content (AvgIpc) is 2.49. The first-order valence-electron chi connectivity index (χ1n) is 7.85. The first-order valence-corrected chi connectivity index (χ1v) is 7.85. The van der Waals surface area contributed by atoms with Gasteiger partial charge < -0.3 is 19.5 Å². The molecular formula is C16H24N2O5. The number of morpholine rings is 1. The molecule has 2 heterocycles. The molecule has 0 aliphatic carbocycles. The van der Waals surface area contributed by atoms with Crippen LogP contribution in [0.1, 0.15) is 32.0 Å². The zero-order chi connectivity index (χ0) is 17.0. The quantitative estimate of drug-likeness (QED) is 0.813. The summed E-state index contributed by atoms with van der Waals surface area (Å²) < 4.78 is 6.83. The minimum Gasteiger partial charge on any atom is -0.503 e. The molecule has 1 unspecified atom stereocenters. The molecule has 1 aliphatic rings. The predicted octanol–water partition coefficient (Wildman–Crippen LogP) is 1.06. The molecule has 0 saturated carbocycles. The summed E-state index contributed by atoms with van der Waals surface area (Å²) in [6, 6.07) is 0.527. The van der Waals surface area contributed by atoms with Crippen LogP contribution in [0.5, 0.6) is 5.75 Å². The molecule has 0 aromatic carbocycles. The van der Waals surface area contributed by atoms with Gasteiger partial charge >= 0.3 is 5.97 Å². The van der Waals surface area contributed by atoms with Crippen LogP contribution in [0.25, 0.3) is 0 Å². The molecule has 1 fully saturated rings. The minimum absolute atomic E-state index is 0.175. The van der Waals surface area contributed by atoms with Gasteiger partial charge in [0.2, 0.25) is 5.43 Å². The molecule has 1 aliphatic heterocycles. The van der Waals surface area contributed by atoms with Crippen LogP contribution in [0.2, 0.25) is 0 Å². The number of carbonyl (C=O) groups is 1. The molecule has 0 spiro atoms. The van der Waals surface area contributed by atoms with Crippen molar-refractivity contribution in [1.29, 1.82) is 0 Å². The number of ether oxygens (including phenoxy) is 1. The molecule has 0 radical (unpaired) electrons. The van der Waals surface area contributed by atoms with Crippen molar-refractivity contribution in [2.75, 3.05) is 26.3 Å². The first-order chi connectivity index (χ1) is 10.9. The molecule has 128 valence electrons. The third-order valence-electron chi connectivity index (χ3n) is 3.95. The van der Waals surface area contributed by atoms with Gasteiger partial charge in [0, 0.05) is 31.4 Å². The number of hydrogen-bond acceptors (Lipinski definition) is 5. The monoisotopic (exact) mass is 324 g/mol. The molecule has 2 rings (SSSR count). The lowest BCUT2D eigenvalue weighted by Crippen LogP contribution is -2.37.